The summed E-state index contributed by atoms with van der Waals surface area (Å²) in [6.45, 7) is 0. The number of nitrogens with zero attached hydrogens (tertiary/aromatic N) is 1. The number of nitrogens with two attached hydrogens (primary N) is 1. The number of hydrogen-bond donors (Lipinski definition) is 7. The summed E-state index contributed by atoms with van der Waals surface area (Å²) < 4.78 is 10.2. The van der Waals surface area contributed by atoms with Crippen molar-refractivity contribution in [3.8, 4) is 0 Å². The average Bonchev–Trinajstić information content (AvgIpc) is 2.36. The maximum atomic E-state index is 10.4. The first-order valence-corrected chi connectivity index (χ1v) is 6.23. The minimum Gasteiger partial charge on any atom is -0.388 e. The van der Waals surface area contributed by atoms with Crippen LogP contribution in [0.3, 0.4) is 0 Å². The number of aliphatic imine (C=N–C) groups is 1. The molecule has 4 aliphatic heterocycles. The second-order valence-corrected chi connectivity index (χ2v) is 5.65. The molecule has 10 heteroatoms. The molecule has 9 atom stereocenters. The van der Waals surface area contributed by atoms with E-state index in [0.29, 0.717) is 0 Å². The van der Waals surface area contributed by atoms with Crippen molar-refractivity contribution in [3.05, 3.63) is 0 Å². The highest BCUT2D eigenvalue weighted by molar-refractivity contribution is 5.80. The van der Waals surface area contributed by atoms with Crippen molar-refractivity contribution in [2.45, 2.75) is 48.3 Å². The van der Waals surface area contributed by atoms with Crippen molar-refractivity contribution in [3.63, 3.8) is 0 Å². The molecule has 5 rings (SSSR count). The fourth-order valence-corrected chi connectivity index (χ4v) is 3.92. The molecule has 5 aliphatic rings. The molecule has 10 nitrogen and oxygen atoms in total. The van der Waals surface area contributed by atoms with Crippen LogP contribution in [0, 0.1) is 5.92 Å². The predicted octanol–water partition coefficient (Wildman–Crippen LogP) is -4.88. The number of ether oxygens (including phenoxy) is 2. The molecule has 8 N–H and O–H groups in total. The van der Waals surface area contributed by atoms with Crippen LogP contribution in [0.5, 0.6) is 0 Å². The molecule has 3 saturated heterocycles. The molecule has 1 aliphatic carbocycles. The van der Waals surface area contributed by atoms with Gasteiger partial charge in [0, 0.05) is 0 Å². The topological polar surface area (TPSA) is 170 Å². The Hall–Kier alpha value is -1.01. The van der Waals surface area contributed by atoms with E-state index in [9.17, 15) is 25.5 Å². The van der Waals surface area contributed by atoms with Gasteiger partial charge in [0.15, 0.2) is 18.3 Å². The molecule has 0 radical (unpaired) electrons. The fourth-order valence-electron chi connectivity index (χ4n) is 3.92. The van der Waals surface area contributed by atoms with Crippen LogP contribution in [0.4, 0.5) is 0 Å². The van der Waals surface area contributed by atoms with Gasteiger partial charge in [0.05, 0.1) is 5.92 Å². The zero-order valence-corrected chi connectivity index (χ0v) is 10.1. The average molecular weight is 289 g/mol. The summed E-state index contributed by atoms with van der Waals surface area (Å²) in [5.41, 5.74) is 3.95. The molecule has 1 spiro atoms. The van der Waals surface area contributed by atoms with Gasteiger partial charge in [-0.15, -0.1) is 0 Å². The van der Waals surface area contributed by atoms with Crippen LogP contribution in [0.2, 0.25) is 0 Å². The van der Waals surface area contributed by atoms with E-state index in [1.807, 2.05) is 0 Å². The molecule has 112 valence electrons. The molecule has 1 saturated carbocycles. The Balaban J connectivity index is 1.92. The summed E-state index contributed by atoms with van der Waals surface area (Å²) in [6, 6.07) is 0. The highest BCUT2D eigenvalue weighted by Gasteiger charge is 2.79. The Morgan fingerprint density at radius 3 is 2.50 bits per heavy atom. The normalized spacial score (nSPS) is 63.6. The maximum Gasteiger partial charge on any atom is 0.311 e. The largest absolute Gasteiger partial charge is 0.388 e. The van der Waals surface area contributed by atoms with Crippen LogP contribution in [0.25, 0.3) is 0 Å². The van der Waals surface area contributed by atoms with Crippen LogP contribution in [0.1, 0.15) is 0 Å². The first-order valence-electron chi connectivity index (χ1n) is 6.23. The van der Waals surface area contributed by atoms with Gasteiger partial charge in [-0.25, -0.2) is 4.99 Å². The van der Waals surface area contributed by atoms with E-state index >= 15 is 0 Å². The van der Waals surface area contributed by atoms with E-state index < -0.39 is 54.2 Å². The van der Waals surface area contributed by atoms with E-state index in [4.69, 9.17) is 15.2 Å². The molecular weight excluding hydrogens is 274 g/mol. The Labute approximate surface area is 112 Å². The molecule has 4 fully saturated rings. The first kappa shape index (κ1) is 12.7. The van der Waals surface area contributed by atoms with E-state index in [1.165, 1.54) is 0 Å². The van der Waals surface area contributed by atoms with E-state index in [-0.39, 0.29) is 5.96 Å². The van der Waals surface area contributed by atoms with Gasteiger partial charge in [-0.05, 0) is 0 Å². The molecule has 4 bridgehead atoms. The van der Waals surface area contributed by atoms with Crippen molar-refractivity contribution in [2.24, 2.45) is 16.6 Å². The van der Waals surface area contributed by atoms with Crippen LogP contribution in [0.15, 0.2) is 4.99 Å². The molecule has 0 aromatic rings. The second-order valence-electron chi connectivity index (χ2n) is 5.65. The van der Waals surface area contributed by atoms with E-state index in [1.54, 1.807) is 0 Å². The number of nitrogens with one attached hydrogen (secondary N) is 1. The minimum absolute atomic E-state index is 0.188. The van der Waals surface area contributed by atoms with Gasteiger partial charge in [-0.2, -0.15) is 0 Å². The van der Waals surface area contributed by atoms with Crippen LogP contribution < -0.4 is 11.1 Å². The predicted molar refractivity (Wildman–Crippen MR) is 59.7 cm³/mol. The molecule has 20 heavy (non-hydrogen) atoms. The number of rotatable bonds is 0. The minimum atomic E-state index is -2.38. The first-order chi connectivity index (χ1) is 9.31. The number of guanidine groups is 1. The summed E-state index contributed by atoms with van der Waals surface area (Å²) >= 11 is 0. The number of aliphatic hydroxyl groups is 5. The van der Waals surface area contributed by atoms with Gasteiger partial charge in [0.25, 0.3) is 0 Å². The van der Waals surface area contributed by atoms with Gasteiger partial charge < -0.3 is 46.1 Å². The van der Waals surface area contributed by atoms with Gasteiger partial charge in [-0.1, -0.05) is 0 Å². The lowest BCUT2D eigenvalue weighted by Gasteiger charge is -2.68. The molecule has 0 aromatic carbocycles. The Morgan fingerprint density at radius 2 is 1.80 bits per heavy atom. The van der Waals surface area contributed by atoms with Crippen LogP contribution in [-0.2, 0) is 9.47 Å². The Bertz CT molecular complexity index is 503. The van der Waals surface area contributed by atoms with Crippen molar-refractivity contribution < 1.29 is 35.0 Å². The lowest BCUT2D eigenvalue weighted by molar-refractivity contribution is -0.532. The zero-order chi connectivity index (χ0) is 14.4. The van der Waals surface area contributed by atoms with Crippen LogP contribution in [-0.4, -0.2) is 79.8 Å². The fraction of sp³-hybridized carbons (Fsp3) is 0.900. The lowest BCUT2D eigenvalue weighted by Crippen LogP contribution is -2.92. The van der Waals surface area contributed by atoms with Crippen molar-refractivity contribution in [2.75, 3.05) is 0 Å². The molecular formula is C10H15N3O7. The molecule has 5 unspecified atom stereocenters. The van der Waals surface area contributed by atoms with Crippen molar-refractivity contribution >= 4 is 5.96 Å². The smallest absolute Gasteiger partial charge is 0.311 e. The van der Waals surface area contributed by atoms with Crippen molar-refractivity contribution in [1.29, 1.82) is 0 Å². The Kier molecular flexibility index (Phi) is 2.17. The van der Waals surface area contributed by atoms with E-state index in [0.717, 1.165) is 0 Å². The summed E-state index contributed by atoms with van der Waals surface area (Å²) in [7, 11) is 0. The zero-order valence-electron chi connectivity index (χ0n) is 10.1. The van der Waals surface area contributed by atoms with Gasteiger partial charge in [0.2, 0.25) is 0 Å². The standard InChI is InChI=1S/C10H15N3O7/c11-8-12-6(16)1-3-2(14)4-5(15)9(1,13-8)7(17)10(18,19-3)20-4/h1-7,14-18H,(H3,11,12,13)/t1?,2-,3?,4?,5-,6?,7+,9-,10?/m1/s1. The third-order valence-electron chi connectivity index (χ3n) is 4.72. The van der Waals surface area contributed by atoms with Gasteiger partial charge in [0.1, 0.15) is 30.0 Å². The SMILES string of the molecule is NC1=NC(O)C2C3OC4(O)OC([C@@H]3O)[C@@H](O)[C@@]2(N1)[C@@H]4O. The highest BCUT2D eigenvalue weighted by Crippen LogP contribution is 2.55. The summed E-state index contributed by atoms with van der Waals surface area (Å²) in [4.78, 5) is 3.71. The number of hydrogen-bond acceptors (Lipinski definition) is 10. The third-order valence-corrected chi connectivity index (χ3v) is 4.72. The van der Waals surface area contributed by atoms with Crippen LogP contribution >= 0.6 is 0 Å². The van der Waals surface area contributed by atoms with Gasteiger partial charge in [-0.3, -0.25) is 0 Å². The van der Waals surface area contributed by atoms with Crippen molar-refractivity contribution in [1.82, 2.24) is 5.32 Å². The quantitative estimate of drug-likeness (QED) is 0.231. The summed E-state index contributed by atoms with van der Waals surface area (Å²) in [6.07, 6.45) is -8.06. The summed E-state index contributed by atoms with van der Waals surface area (Å²) in [5.74, 6) is -3.56. The third kappa shape index (κ3) is 1.13. The summed E-state index contributed by atoms with van der Waals surface area (Å²) in [5, 5.41) is 53.7. The molecule has 4 heterocycles. The second kappa shape index (κ2) is 3.42. The monoisotopic (exact) mass is 289 g/mol. The Morgan fingerprint density at radius 1 is 1.15 bits per heavy atom. The lowest BCUT2D eigenvalue weighted by atomic mass is 9.59. The number of aliphatic hydroxyl groups excluding tert-OH is 4. The molecule has 0 aromatic heterocycles. The van der Waals surface area contributed by atoms with E-state index in [2.05, 4.69) is 10.3 Å². The van der Waals surface area contributed by atoms with Gasteiger partial charge >= 0.3 is 5.97 Å². The maximum absolute atomic E-state index is 10.4. The molecule has 0 amide bonds. The highest BCUT2D eigenvalue weighted by atomic mass is 16.9.